The Balaban J connectivity index is 0.000000125. The third-order valence-corrected chi connectivity index (χ3v) is 3.29. The number of piperazine rings is 1. The summed E-state index contributed by atoms with van der Waals surface area (Å²) in [4.78, 5) is 4.14. The third kappa shape index (κ3) is 3.27. The zero-order valence-corrected chi connectivity index (χ0v) is 10.3. The van der Waals surface area contributed by atoms with Crippen LogP contribution >= 0.6 is 11.3 Å². The molecule has 0 saturated carbocycles. The van der Waals surface area contributed by atoms with Crippen LogP contribution in [0.1, 0.15) is 6.92 Å². The minimum absolute atomic E-state index is 0.675. The van der Waals surface area contributed by atoms with E-state index >= 15 is 0 Å². The van der Waals surface area contributed by atoms with E-state index in [4.69, 9.17) is 0 Å². The van der Waals surface area contributed by atoms with Gasteiger partial charge in [0.25, 0.3) is 0 Å². The van der Waals surface area contributed by atoms with Gasteiger partial charge in [-0.25, -0.2) is 4.98 Å². The molecule has 16 heavy (non-hydrogen) atoms. The van der Waals surface area contributed by atoms with Crippen molar-refractivity contribution in [2.75, 3.05) is 19.6 Å². The van der Waals surface area contributed by atoms with Crippen LogP contribution in [0.5, 0.6) is 0 Å². The highest BCUT2D eigenvalue weighted by Crippen LogP contribution is 2.15. The van der Waals surface area contributed by atoms with Crippen LogP contribution in [0.3, 0.4) is 0 Å². The van der Waals surface area contributed by atoms with Gasteiger partial charge in [0.05, 0.1) is 15.7 Å². The van der Waals surface area contributed by atoms with Gasteiger partial charge in [-0.15, -0.1) is 11.3 Å². The first-order valence-electron chi connectivity index (χ1n) is 5.58. The van der Waals surface area contributed by atoms with Crippen LogP contribution in [0.15, 0.2) is 29.8 Å². The first-order valence-corrected chi connectivity index (χ1v) is 6.46. The largest absolute Gasteiger partial charge is 0.314 e. The van der Waals surface area contributed by atoms with E-state index in [2.05, 4.69) is 28.6 Å². The fraction of sp³-hybridized carbons (Fsp3) is 0.417. The number of hydrogen-bond donors (Lipinski definition) is 2. The molecule has 0 aliphatic carbocycles. The van der Waals surface area contributed by atoms with Crippen LogP contribution < -0.4 is 10.6 Å². The summed E-state index contributed by atoms with van der Waals surface area (Å²) in [5.74, 6) is 0. The van der Waals surface area contributed by atoms with Crippen LogP contribution in [-0.2, 0) is 0 Å². The molecule has 0 amide bonds. The number of fused-ring (bicyclic) bond motifs is 1. The highest BCUT2D eigenvalue weighted by Gasteiger charge is 2.03. The standard InChI is InChI=1S/C7H5NS.C5H12N2/c1-2-4-7-6(3-1)8-5-9-7;1-5-4-6-2-3-7-5/h1-5H;5-7H,2-4H2,1H3. The van der Waals surface area contributed by atoms with Crippen molar-refractivity contribution in [1.29, 1.82) is 0 Å². The van der Waals surface area contributed by atoms with Gasteiger partial charge < -0.3 is 10.6 Å². The molecule has 86 valence electrons. The lowest BCUT2D eigenvalue weighted by atomic mass is 10.3. The molecule has 1 aliphatic heterocycles. The van der Waals surface area contributed by atoms with Gasteiger partial charge in [0.2, 0.25) is 0 Å². The normalized spacial score (nSPS) is 20.2. The van der Waals surface area contributed by atoms with Crippen molar-refractivity contribution in [1.82, 2.24) is 15.6 Å². The summed E-state index contributed by atoms with van der Waals surface area (Å²) in [6.45, 7) is 5.57. The van der Waals surface area contributed by atoms with Crippen molar-refractivity contribution in [3.63, 3.8) is 0 Å². The topological polar surface area (TPSA) is 37.0 Å². The van der Waals surface area contributed by atoms with Gasteiger partial charge in [-0.3, -0.25) is 0 Å². The minimum atomic E-state index is 0.675. The number of para-hydroxylation sites is 1. The van der Waals surface area contributed by atoms with E-state index in [0.717, 1.165) is 25.2 Å². The number of nitrogens with zero attached hydrogens (tertiary/aromatic N) is 1. The van der Waals surface area contributed by atoms with Crippen LogP contribution in [0.2, 0.25) is 0 Å². The Bertz CT molecular complexity index is 391. The fourth-order valence-electron chi connectivity index (χ4n) is 1.60. The molecule has 0 radical (unpaired) electrons. The van der Waals surface area contributed by atoms with E-state index in [0.29, 0.717) is 6.04 Å². The first kappa shape index (κ1) is 11.5. The Morgan fingerprint density at radius 1 is 1.31 bits per heavy atom. The lowest BCUT2D eigenvalue weighted by Crippen LogP contribution is -2.46. The lowest BCUT2D eigenvalue weighted by molar-refractivity contribution is 0.442. The predicted molar refractivity (Wildman–Crippen MR) is 70.0 cm³/mol. The van der Waals surface area contributed by atoms with E-state index < -0.39 is 0 Å². The zero-order valence-electron chi connectivity index (χ0n) is 9.44. The molecular formula is C12H17N3S. The minimum Gasteiger partial charge on any atom is -0.314 e. The highest BCUT2D eigenvalue weighted by atomic mass is 32.1. The van der Waals surface area contributed by atoms with Crippen molar-refractivity contribution in [3.05, 3.63) is 29.8 Å². The molecular weight excluding hydrogens is 218 g/mol. The molecule has 4 heteroatoms. The molecule has 0 spiro atoms. The van der Waals surface area contributed by atoms with E-state index in [9.17, 15) is 0 Å². The number of aromatic nitrogens is 1. The number of hydrogen-bond acceptors (Lipinski definition) is 4. The average molecular weight is 235 g/mol. The van der Waals surface area contributed by atoms with Crippen LogP contribution in [-0.4, -0.2) is 30.7 Å². The van der Waals surface area contributed by atoms with Gasteiger partial charge in [0, 0.05) is 25.7 Å². The van der Waals surface area contributed by atoms with Crippen LogP contribution in [0, 0.1) is 0 Å². The average Bonchev–Trinajstić information content (AvgIpc) is 2.79. The summed E-state index contributed by atoms with van der Waals surface area (Å²) in [5.41, 5.74) is 2.97. The number of nitrogens with one attached hydrogen (secondary N) is 2. The summed E-state index contributed by atoms with van der Waals surface area (Å²) < 4.78 is 1.26. The monoisotopic (exact) mass is 235 g/mol. The second kappa shape index (κ2) is 5.94. The second-order valence-corrected chi connectivity index (χ2v) is 4.77. The van der Waals surface area contributed by atoms with Crippen LogP contribution in [0.4, 0.5) is 0 Å². The summed E-state index contributed by atoms with van der Waals surface area (Å²) in [5, 5.41) is 6.59. The Morgan fingerprint density at radius 2 is 2.19 bits per heavy atom. The molecule has 2 heterocycles. The predicted octanol–water partition coefficient (Wildman–Crippen LogP) is 1.86. The number of thiazole rings is 1. The summed E-state index contributed by atoms with van der Waals surface area (Å²) >= 11 is 1.68. The number of benzene rings is 1. The molecule has 1 aromatic heterocycles. The van der Waals surface area contributed by atoms with E-state index in [-0.39, 0.29) is 0 Å². The van der Waals surface area contributed by atoms with Gasteiger partial charge in [-0.2, -0.15) is 0 Å². The maximum atomic E-state index is 4.14. The van der Waals surface area contributed by atoms with Crippen molar-refractivity contribution < 1.29 is 0 Å². The van der Waals surface area contributed by atoms with Gasteiger partial charge >= 0.3 is 0 Å². The molecule has 1 unspecified atom stereocenters. The number of rotatable bonds is 0. The molecule has 1 aliphatic rings. The zero-order chi connectivity index (χ0) is 11.2. The Labute approximate surface area is 99.9 Å². The first-order chi connectivity index (χ1) is 7.86. The molecule has 3 rings (SSSR count). The van der Waals surface area contributed by atoms with E-state index in [1.54, 1.807) is 11.3 Å². The molecule has 0 bridgehead atoms. The second-order valence-electron chi connectivity index (χ2n) is 3.88. The lowest BCUT2D eigenvalue weighted by Gasteiger charge is -2.19. The summed E-state index contributed by atoms with van der Waals surface area (Å²) in [7, 11) is 0. The smallest absolute Gasteiger partial charge is 0.0812 e. The summed E-state index contributed by atoms with van der Waals surface area (Å²) in [6, 6.07) is 8.80. The van der Waals surface area contributed by atoms with E-state index in [1.807, 2.05) is 23.7 Å². The maximum absolute atomic E-state index is 4.14. The molecule has 1 saturated heterocycles. The van der Waals surface area contributed by atoms with Crippen molar-refractivity contribution in [3.8, 4) is 0 Å². The van der Waals surface area contributed by atoms with Crippen LogP contribution in [0.25, 0.3) is 10.2 Å². The molecule has 1 fully saturated rings. The summed E-state index contributed by atoms with van der Waals surface area (Å²) in [6.07, 6.45) is 0. The van der Waals surface area contributed by atoms with Gasteiger partial charge in [-0.05, 0) is 19.1 Å². The molecule has 1 atom stereocenters. The van der Waals surface area contributed by atoms with Crippen molar-refractivity contribution in [2.24, 2.45) is 0 Å². The highest BCUT2D eigenvalue weighted by molar-refractivity contribution is 7.16. The Morgan fingerprint density at radius 3 is 2.81 bits per heavy atom. The molecule has 3 nitrogen and oxygen atoms in total. The van der Waals surface area contributed by atoms with E-state index in [1.165, 1.54) is 4.70 Å². The van der Waals surface area contributed by atoms with Crippen molar-refractivity contribution >= 4 is 21.6 Å². The SMILES string of the molecule is CC1CNCCN1.c1ccc2scnc2c1. The quantitative estimate of drug-likeness (QED) is 0.732. The molecule has 2 aromatic rings. The van der Waals surface area contributed by atoms with Gasteiger partial charge in [0.15, 0.2) is 0 Å². The van der Waals surface area contributed by atoms with Gasteiger partial charge in [-0.1, -0.05) is 12.1 Å². The maximum Gasteiger partial charge on any atom is 0.0812 e. The molecule has 1 aromatic carbocycles. The third-order valence-electron chi connectivity index (χ3n) is 2.48. The Hall–Kier alpha value is -0.970. The fourth-order valence-corrected chi connectivity index (χ4v) is 2.28. The van der Waals surface area contributed by atoms with Crippen molar-refractivity contribution in [2.45, 2.75) is 13.0 Å². The Kier molecular flexibility index (Phi) is 4.27. The van der Waals surface area contributed by atoms with Gasteiger partial charge in [0.1, 0.15) is 0 Å². The molecule has 2 N–H and O–H groups in total.